The van der Waals surface area contributed by atoms with Gasteiger partial charge < -0.3 is 14.9 Å². The van der Waals surface area contributed by atoms with Crippen LogP contribution in [0.3, 0.4) is 0 Å². The summed E-state index contributed by atoms with van der Waals surface area (Å²) in [5.41, 5.74) is -2.03. The molecule has 0 fully saturated rings. The molecule has 1 rings (SSSR count). The molecule has 0 saturated carbocycles. The van der Waals surface area contributed by atoms with Crippen LogP contribution in [0.1, 0.15) is 17.3 Å². The molecule has 0 aromatic heterocycles. The van der Waals surface area contributed by atoms with Crippen molar-refractivity contribution < 1.29 is 32.6 Å². The summed E-state index contributed by atoms with van der Waals surface area (Å²) in [6, 6.07) is 2.58. The van der Waals surface area contributed by atoms with Crippen LogP contribution in [0.4, 0.5) is 4.39 Å². The van der Waals surface area contributed by atoms with Crippen molar-refractivity contribution in [1.29, 1.82) is 0 Å². The van der Waals surface area contributed by atoms with E-state index in [1.165, 1.54) is 6.92 Å². The number of hydrogen-bond donors (Lipinski definition) is 3. The van der Waals surface area contributed by atoms with Crippen molar-refractivity contribution in [3.05, 3.63) is 29.6 Å². The number of ether oxygens (including phenoxy) is 1. The molecule has 0 spiro atoms. The number of rotatable bonds is 6. The minimum atomic E-state index is -4.27. The molecule has 0 aliphatic rings. The third-order valence-corrected chi connectivity index (χ3v) is 4.06. The van der Waals surface area contributed by atoms with Crippen LogP contribution in [0.2, 0.25) is 0 Å². The molecule has 7 nitrogen and oxygen atoms in total. The van der Waals surface area contributed by atoms with E-state index in [-0.39, 0.29) is 5.56 Å². The average molecular weight is 321 g/mol. The predicted molar refractivity (Wildman–Crippen MR) is 70.6 cm³/mol. The minimum absolute atomic E-state index is 0.338. The molecule has 1 atom stereocenters. The highest BCUT2D eigenvalue weighted by Crippen LogP contribution is 2.18. The molecule has 1 aromatic carbocycles. The van der Waals surface area contributed by atoms with Crippen molar-refractivity contribution in [3.8, 4) is 0 Å². The van der Waals surface area contributed by atoms with Crippen LogP contribution in [0.5, 0.6) is 0 Å². The number of sulfonamides is 1. The maximum atomic E-state index is 13.3. The van der Waals surface area contributed by atoms with Crippen LogP contribution in [-0.2, 0) is 14.8 Å². The van der Waals surface area contributed by atoms with Crippen molar-refractivity contribution in [3.63, 3.8) is 0 Å². The Bertz CT molecular complexity index is 629. The van der Waals surface area contributed by atoms with E-state index in [2.05, 4.69) is 4.74 Å². The number of carbonyl (C=O) groups excluding carboxylic acids is 1. The molecule has 0 heterocycles. The lowest BCUT2D eigenvalue weighted by Gasteiger charge is -2.21. The SMILES string of the molecule is COC(=O)c1ccc(F)cc1S(=O)(=O)NCC(C)(O)CO. The second-order valence-corrected chi connectivity index (χ2v) is 6.35. The average Bonchev–Trinajstić information content (AvgIpc) is 2.44. The molecular weight excluding hydrogens is 305 g/mol. The number of esters is 1. The van der Waals surface area contributed by atoms with E-state index in [4.69, 9.17) is 5.11 Å². The molecule has 0 aliphatic carbocycles. The van der Waals surface area contributed by atoms with Crippen molar-refractivity contribution in [2.75, 3.05) is 20.3 Å². The summed E-state index contributed by atoms with van der Waals surface area (Å²) in [7, 11) is -3.21. The lowest BCUT2D eigenvalue weighted by atomic mass is 10.1. The summed E-state index contributed by atoms with van der Waals surface area (Å²) < 4.78 is 43.9. The topological polar surface area (TPSA) is 113 Å². The largest absolute Gasteiger partial charge is 0.465 e. The molecule has 0 bridgehead atoms. The van der Waals surface area contributed by atoms with Crippen LogP contribution in [0.15, 0.2) is 23.1 Å². The van der Waals surface area contributed by atoms with Crippen LogP contribution in [0.25, 0.3) is 0 Å². The quantitative estimate of drug-likeness (QED) is 0.616. The summed E-state index contributed by atoms with van der Waals surface area (Å²) in [5.74, 6) is -1.79. The maximum Gasteiger partial charge on any atom is 0.339 e. The van der Waals surface area contributed by atoms with Gasteiger partial charge in [0.2, 0.25) is 10.0 Å². The van der Waals surface area contributed by atoms with E-state index < -0.39 is 45.5 Å². The Morgan fingerprint density at radius 2 is 2.10 bits per heavy atom. The van der Waals surface area contributed by atoms with Gasteiger partial charge in [-0.3, -0.25) is 0 Å². The summed E-state index contributed by atoms with van der Waals surface area (Å²) in [5, 5.41) is 18.4. The molecule has 1 aromatic rings. The summed E-state index contributed by atoms with van der Waals surface area (Å²) >= 11 is 0. The van der Waals surface area contributed by atoms with E-state index in [9.17, 15) is 22.7 Å². The van der Waals surface area contributed by atoms with Crippen molar-refractivity contribution in [2.24, 2.45) is 0 Å². The normalized spacial score (nSPS) is 14.5. The number of methoxy groups -OCH3 is 1. The van der Waals surface area contributed by atoms with Crippen molar-refractivity contribution in [2.45, 2.75) is 17.4 Å². The van der Waals surface area contributed by atoms with E-state index in [0.717, 1.165) is 19.2 Å². The fraction of sp³-hybridized carbons (Fsp3) is 0.417. The van der Waals surface area contributed by atoms with Gasteiger partial charge in [-0.2, -0.15) is 0 Å². The van der Waals surface area contributed by atoms with Gasteiger partial charge in [-0.15, -0.1) is 0 Å². The predicted octanol–water partition coefficient (Wildman–Crippen LogP) is -0.366. The van der Waals surface area contributed by atoms with Gasteiger partial charge in [-0.25, -0.2) is 22.3 Å². The molecular formula is C12H16FNO6S. The fourth-order valence-corrected chi connectivity index (χ4v) is 2.75. The Morgan fingerprint density at radius 1 is 1.48 bits per heavy atom. The van der Waals surface area contributed by atoms with Gasteiger partial charge in [-0.1, -0.05) is 0 Å². The zero-order valence-electron chi connectivity index (χ0n) is 11.5. The summed E-state index contributed by atoms with van der Waals surface area (Å²) in [6.45, 7) is 0.0216. The smallest absolute Gasteiger partial charge is 0.339 e. The Kier molecular flexibility index (Phi) is 5.40. The fourth-order valence-electron chi connectivity index (χ4n) is 1.38. The molecule has 0 amide bonds. The zero-order valence-corrected chi connectivity index (χ0v) is 12.3. The highest BCUT2D eigenvalue weighted by molar-refractivity contribution is 7.89. The number of hydrogen-bond acceptors (Lipinski definition) is 6. The van der Waals surface area contributed by atoms with Crippen molar-refractivity contribution in [1.82, 2.24) is 4.72 Å². The van der Waals surface area contributed by atoms with E-state index in [1.807, 2.05) is 4.72 Å². The van der Waals surface area contributed by atoms with Gasteiger partial charge >= 0.3 is 5.97 Å². The molecule has 3 N–H and O–H groups in total. The minimum Gasteiger partial charge on any atom is -0.465 e. The van der Waals surface area contributed by atoms with Crippen LogP contribution in [0, 0.1) is 5.82 Å². The third-order valence-electron chi connectivity index (χ3n) is 2.62. The Balaban J connectivity index is 3.19. The first-order chi connectivity index (χ1) is 9.63. The molecule has 0 radical (unpaired) electrons. The van der Waals surface area contributed by atoms with Gasteiger partial charge in [0, 0.05) is 6.54 Å². The second-order valence-electron chi connectivity index (χ2n) is 4.61. The van der Waals surface area contributed by atoms with Crippen LogP contribution >= 0.6 is 0 Å². The molecule has 21 heavy (non-hydrogen) atoms. The maximum absolute atomic E-state index is 13.3. The van der Waals surface area contributed by atoms with Gasteiger partial charge in [0.1, 0.15) is 5.82 Å². The molecule has 1 unspecified atom stereocenters. The highest BCUT2D eigenvalue weighted by Gasteiger charge is 2.27. The molecule has 0 saturated heterocycles. The molecule has 118 valence electrons. The zero-order chi connectivity index (χ0) is 16.3. The third kappa shape index (κ3) is 4.46. The van der Waals surface area contributed by atoms with Gasteiger partial charge in [0.05, 0.1) is 29.8 Å². The summed E-state index contributed by atoms with van der Waals surface area (Å²) in [4.78, 5) is 10.9. The molecule has 9 heteroatoms. The van der Waals surface area contributed by atoms with Crippen LogP contribution < -0.4 is 4.72 Å². The Hall–Kier alpha value is -1.55. The van der Waals surface area contributed by atoms with E-state index >= 15 is 0 Å². The van der Waals surface area contributed by atoms with E-state index in [0.29, 0.717) is 6.07 Å². The lowest BCUT2D eigenvalue weighted by Crippen LogP contribution is -2.43. The second kappa shape index (κ2) is 6.48. The number of nitrogens with one attached hydrogen (secondary N) is 1. The van der Waals surface area contributed by atoms with Crippen LogP contribution in [-0.4, -0.2) is 50.5 Å². The van der Waals surface area contributed by atoms with Gasteiger partial charge in [0.15, 0.2) is 0 Å². The van der Waals surface area contributed by atoms with Gasteiger partial charge in [-0.05, 0) is 25.1 Å². The number of aliphatic hydroxyl groups is 2. The monoisotopic (exact) mass is 321 g/mol. The number of aliphatic hydroxyl groups excluding tert-OH is 1. The first kappa shape index (κ1) is 17.5. The highest BCUT2D eigenvalue weighted by atomic mass is 32.2. The number of carbonyl (C=O) groups is 1. The van der Waals surface area contributed by atoms with Crippen molar-refractivity contribution >= 4 is 16.0 Å². The molecule has 0 aliphatic heterocycles. The Morgan fingerprint density at radius 3 is 2.62 bits per heavy atom. The first-order valence-electron chi connectivity index (χ1n) is 5.84. The van der Waals surface area contributed by atoms with Gasteiger partial charge in [0.25, 0.3) is 0 Å². The standard InChI is InChI=1S/C12H16FNO6S/c1-12(17,7-15)6-14-21(18,19)10-5-8(13)3-4-9(10)11(16)20-2/h3-5,14-15,17H,6-7H2,1-2H3. The lowest BCUT2D eigenvalue weighted by molar-refractivity contribution is 0.00681. The number of halogens is 1. The summed E-state index contributed by atoms with van der Waals surface area (Å²) in [6.07, 6.45) is 0. The first-order valence-corrected chi connectivity index (χ1v) is 7.32. The Labute approximate surface area is 121 Å². The number of benzene rings is 1. The van der Waals surface area contributed by atoms with E-state index in [1.54, 1.807) is 0 Å².